The van der Waals surface area contributed by atoms with E-state index >= 15 is 0 Å². The lowest BCUT2D eigenvalue weighted by atomic mass is 10.2. The van der Waals surface area contributed by atoms with Gasteiger partial charge in [0.2, 0.25) is 5.91 Å². The molecule has 1 aliphatic rings. The third-order valence-corrected chi connectivity index (χ3v) is 6.14. The number of aromatic nitrogens is 3. The Bertz CT molecular complexity index is 1040. The van der Waals surface area contributed by atoms with E-state index in [9.17, 15) is 9.18 Å². The van der Waals surface area contributed by atoms with Crippen molar-refractivity contribution < 1.29 is 13.9 Å². The summed E-state index contributed by atoms with van der Waals surface area (Å²) in [6, 6.07) is 13.5. The smallest absolute Gasteiger partial charge is 0.230 e. The second-order valence-corrected chi connectivity index (χ2v) is 8.63. The van der Waals surface area contributed by atoms with Crippen molar-refractivity contribution in [2.75, 3.05) is 12.4 Å². The molecule has 2 aromatic carbocycles. The molecular weight excluding hydrogens is 439 g/mol. The van der Waals surface area contributed by atoms with Crippen LogP contribution in [-0.2, 0) is 22.6 Å². The summed E-state index contributed by atoms with van der Waals surface area (Å²) in [5.74, 6) is 0.422. The average molecular weight is 461 g/mol. The maximum Gasteiger partial charge on any atom is 0.230 e. The number of nitrogens with zero attached hydrogens (tertiary/aromatic N) is 3. The number of carbonyl (C=O) groups excluding carboxylic acids is 1. The molecular formula is C22H22ClFN4O2S. The maximum atomic E-state index is 13.3. The van der Waals surface area contributed by atoms with Crippen molar-refractivity contribution in [3.8, 4) is 11.4 Å². The van der Waals surface area contributed by atoms with Gasteiger partial charge in [-0.05, 0) is 54.8 Å². The van der Waals surface area contributed by atoms with Crippen LogP contribution in [-0.4, -0.2) is 39.1 Å². The van der Waals surface area contributed by atoms with Gasteiger partial charge in [-0.25, -0.2) is 4.39 Å². The van der Waals surface area contributed by atoms with E-state index < -0.39 is 0 Å². The first-order valence-electron chi connectivity index (χ1n) is 10.0. The Kier molecular flexibility index (Phi) is 7.21. The Balaban J connectivity index is 1.44. The minimum absolute atomic E-state index is 0.0752. The van der Waals surface area contributed by atoms with Crippen molar-refractivity contribution in [1.29, 1.82) is 0 Å². The van der Waals surface area contributed by atoms with E-state index in [0.29, 0.717) is 29.1 Å². The fourth-order valence-electron chi connectivity index (χ4n) is 3.39. The Morgan fingerprint density at radius 3 is 2.84 bits per heavy atom. The molecule has 9 heteroatoms. The molecule has 1 fully saturated rings. The SMILES string of the molecule is O=C(CSc1nnc(-c2ccc(F)cc2)n1CC1CCCO1)NCc1cccc(Cl)c1. The van der Waals surface area contributed by atoms with Gasteiger partial charge in [-0.2, -0.15) is 0 Å². The van der Waals surface area contributed by atoms with Gasteiger partial charge in [-0.1, -0.05) is 35.5 Å². The standard InChI is InChI=1S/C22H22ClFN4O2S/c23-17-4-1-3-15(11-17)12-25-20(29)14-31-22-27-26-21(16-6-8-18(24)9-7-16)28(22)13-19-5-2-10-30-19/h1,3-4,6-9,11,19H,2,5,10,12-14H2,(H,25,29). The van der Waals surface area contributed by atoms with Crippen molar-refractivity contribution in [3.05, 3.63) is 64.9 Å². The van der Waals surface area contributed by atoms with E-state index in [1.807, 2.05) is 22.8 Å². The zero-order chi connectivity index (χ0) is 21.6. The van der Waals surface area contributed by atoms with Gasteiger partial charge >= 0.3 is 0 Å². The quantitative estimate of drug-likeness (QED) is 0.507. The minimum atomic E-state index is -0.306. The Morgan fingerprint density at radius 2 is 2.10 bits per heavy atom. The molecule has 31 heavy (non-hydrogen) atoms. The second kappa shape index (κ2) is 10.3. The van der Waals surface area contributed by atoms with E-state index in [1.165, 1.54) is 23.9 Å². The highest BCUT2D eigenvalue weighted by Crippen LogP contribution is 2.26. The highest BCUT2D eigenvalue weighted by Gasteiger charge is 2.22. The maximum absolute atomic E-state index is 13.3. The van der Waals surface area contributed by atoms with Crippen molar-refractivity contribution in [1.82, 2.24) is 20.1 Å². The van der Waals surface area contributed by atoms with E-state index in [0.717, 1.165) is 30.6 Å². The molecule has 4 rings (SSSR count). The lowest BCUT2D eigenvalue weighted by Crippen LogP contribution is -2.25. The summed E-state index contributed by atoms with van der Waals surface area (Å²) < 4.78 is 21.1. The fourth-order valence-corrected chi connectivity index (χ4v) is 4.38. The third kappa shape index (κ3) is 5.84. The molecule has 2 heterocycles. The van der Waals surface area contributed by atoms with Crippen LogP contribution in [0.3, 0.4) is 0 Å². The van der Waals surface area contributed by atoms with Crippen LogP contribution in [0.2, 0.25) is 5.02 Å². The van der Waals surface area contributed by atoms with Crippen LogP contribution >= 0.6 is 23.4 Å². The molecule has 3 aromatic rings. The van der Waals surface area contributed by atoms with Crippen molar-refractivity contribution in [2.24, 2.45) is 0 Å². The Labute approximate surface area is 189 Å². The molecule has 162 valence electrons. The molecule has 1 saturated heterocycles. The topological polar surface area (TPSA) is 69.0 Å². The summed E-state index contributed by atoms with van der Waals surface area (Å²) in [6.07, 6.45) is 2.06. The van der Waals surface area contributed by atoms with Crippen LogP contribution in [0.1, 0.15) is 18.4 Å². The Hall–Kier alpha value is -2.42. The van der Waals surface area contributed by atoms with E-state index in [4.69, 9.17) is 16.3 Å². The number of rotatable bonds is 8. The minimum Gasteiger partial charge on any atom is -0.376 e. The Morgan fingerprint density at radius 1 is 1.26 bits per heavy atom. The molecule has 1 N–H and O–H groups in total. The summed E-state index contributed by atoms with van der Waals surface area (Å²) in [7, 11) is 0. The van der Waals surface area contributed by atoms with Crippen LogP contribution < -0.4 is 5.32 Å². The zero-order valence-corrected chi connectivity index (χ0v) is 18.3. The van der Waals surface area contributed by atoms with Crippen molar-refractivity contribution in [3.63, 3.8) is 0 Å². The van der Waals surface area contributed by atoms with Crippen LogP contribution in [0.25, 0.3) is 11.4 Å². The molecule has 1 atom stereocenters. The van der Waals surface area contributed by atoms with Crippen LogP contribution in [0.4, 0.5) is 4.39 Å². The molecule has 0 radical (unpaired) electrons. The van der Waals surface area contributed by atoms with E-state index in [-0.39, 0.29) is 23.6 Å². The lowest BCUT2D eigenvalue weighted by molar-refractivity contribution is -0.118. The summed E-state index contributed by atoms with van der Waals surface area (Å²) in [5.41, 5.74) is 1.70. The van der Waals surface area contributed by atoms with Gasteiger partial charge in [-0.15, -0.1) is 10.2 Å². The number of hydrogen-bond acceptors (Lipinski definition) is 5. The lowest BCUT2D eigenvalue weighted by Gasteiger charge is -2.14. The molecule has 0 aliphatic carbocycles. The van der Waals surface area contributed by atoms with Crippen molar-refractivity contribution >= 4 is 29.3 Å². The average Bonchev–Trinajstić information content (AvgIpc) is 3.42. The largest absolute Gasteiger partial charge is 0.376 e. The van der Waals surface area contributed by atoms with Crippen LogP contribution in [0.5, 0.6) is 0 Å². The molecule has 1 aliphatic heterocycles. The van der Waals surface area contributed by atoms with Crippen LogP contribution in [0, 0.1) is 5.82 Å². The molecule has 1 amide bonds. The number of nitrogens with one attached hydrogen (secondary N) is 1. The monoisotopic (exact) mass is 460 g/mol. The molecule has 0 spiro atoms. The van der Waals surface area contributed by atoms with E-state index in [1.54, 1.807) is 18.2 Å². The first-order valence-corrected chi connectivity index (χ1v) is 11.4. The fraction of sp³-hybridized carbons (Fsp3) is 0.318. The zero-order valence-electron chi connectivity index (χ0n) is 16.8. The number of carbonyl (C=O) groups is 1. The first kappa shape index (κ1) is 21.8. The number of benzene rings is 2. The predicted octanol–water partition coefficient (Wildman–Crippen LogP) is 4.33. The van der Waals surface area contributed by atoms with Gasteiger partial charge in [0, 0.05) is 23.7 Å². The molecule has 0 saturated carbocycles. The van der Waals surface area contributed by atoms with Gasteiger partial charge in [0.05, 0.1) is 18.4 Å². The van der Waals surface area contributed by atoms with E-state index in [2.05, 4.69) is 15.5 Å². The first-order chi connectivity index (χ1) is 15.1. The van der Waals surface area contributed by atoms with Crippen LogP contribution in [0.15, 0.2) is 53.7 Å². The summed E-state index contributed by atoms with van der Waals surface area (Å²) >= 11 is 7.30. The van der Waals surface area contributed by atoms with Crippen molar-refractivity contribution in [2.45, 2.75) is 37.2 Å². The van der Waals surface area contributed by atoms with Gasteiger partial charge in [0.25, 0.3) is 0 Å². The number of halogens is 2. The summed E-state index contributed by atoms with van der Waals surface area (Å²) in [5, 5.41) is 12.8. The van der Waals surface area contributed by atoms with Gasteiger partial charge in [0.1, 0.15) is 5.82 Å². The molecule has 1 aromatic heterocycles. The molecule has 1 unspecified atom stereocenters. The third-order valence-electron chi connectivity index (χ3n) is 4.94. The van der Waals surface area contributed by atoms with Gasteiger partial charge in [0.15, 0.2) is 11.0 Å². The number of ether oxygens (including phenoxy) is 1. The molecule has 6 nitrogen and oxygen atoms in total. The van der Waals surface area contributed by atoms with Gasteiger partial charge in [-0.3, -0.25) is 9.36 Å². The highest BCUT2D eigenvalue weighted by molar-refractivity contribution is 7.99. The summed E-state index contributed by atoms with van der Waals surface area (Å²) in [6.45, 7) is 1.74. The normalized spacial score (nSPS) is 15.9. The number of hydrogen-bond donors (Lipinski definition) is 1. The summed E-state index contributed by atoms with van der Waals surface area (Å²) in [4.78, 5) is 12.4. The second-order valence-electron chi connectivity index (χ2n) is 7.25. The predicted molar refractivity (Wildman–Crippen MR) is 118 cm³/mol. The number of amides is 1. The highest BCUT2D eigenvalue weighted by atomic mass is 35.5. The number of thioether (sulfide) groups is 1. The van der Waals surface area contributed by atoms with Gasteiger partial charge < -0.3 is 10.1 Å². The molecule has 0 bridgehead atoms.